The van der Waals surface area contributed by atoms with Gasteiger partial charge in [0.15, 0.2) is 0 Å². The molecule has 7 nitrogen and oxygen atoms in total. The second kappa shape index (κ2) is 8.35. The van der Waals surface area contributed by atoms with Crippen LogP contribution in [0.25, 0.3) is 0 Å². The van der Waals surface area contributed by atoms with Crippen LogP contribution < -0.4 is 5.32 Å². The van der Waals surface area contributed by atoms with Gasteiger partial charge in [-0.1, -0.05) is 0 Å². The summed E-state index contributed by atoms with van der Waals surface area (Å²) in [7, 11) is 1.29. The molecule has 0 spiro atoms. The van der Waals surface area contributed by atoms with Crippen molar-refractivity contribution in [3.63, 3.8) is 0 Å². The van der Waals surface area contributed by atoms with Gasteiger partial charge in [0.25, 0.3) is 0 Å². The molecular formula is C13H17NO6S. The number of furan rings is 1. The van der Waals surface area contributed by atoms with Crippen molar-refractivity contribution in [3.05, 3.63) is 23.7 Å². The number of carboxylic acid groups (broad SMARTS) is 1. The van der Waals surface area contributed by atoms with E-state index in [0.29, 0.717) is 22.8 Å². The van der Waals surface area contributed by atoms with E-state index in [9.17, 15) is 14.4 Å². The lowest BCUT2D eigenvalue weighted by Crippen LogP contribution is -2.39. The Morgan fingerprint density at radius 3 is 2.76 bits per heavy atom. The van der Waals surface area contributed by atoms with E-state index in [1.807, 2.05) is 0 Å². The lowest BCUT2D eigenvalue weighted by Gasteiger charge is -2.12. The number of methoxy groups -OCH3 is 1. The number of hydrogen-bond donors (Lipinski definition) is 2. The molecule has 0 bridgehead atoms. The van der Waals surface area contributed by atoms with Gasteiger partial charge in [-0.2, -0.15) is 11.8 Å². The first-order valence-corrected chi connectivity index (χ1v) is 7.33. The molecule has 0 saturated carbocycles. The Morgan fingerprint density at radius 2 is 2.19 bits per heavy atom. The van der Waals surface area contributed by atoms with Crippen LogP contribution in [0.1, 0.15) is 29.5 Å². The Balaban J connectivity index is 2.43. The molecular weight excluding hydrogens is 298 g/mol. The Bertz CT molecular complexity index is 513. The van der Waals surface area contributed by atoms with Gasteiger partial charge in [-0.3, -0.25) is 4.79 Å². The van der Waals surface area contributed by atoms with E-state index in [1.54, 1.807) is 0 Å². The smallest absolute Gasteiger partial charge is 0.341 e. The number of carbonyl (C=O) groups excluding carboxylic acids is 2. The maximum Gasteiger partial charge on any atom is 0.341 e. The maximum absolute atomic E-state index is 11.4. The van der Waals surface area contributed by atoms with Gasteiger partial charge in [-0.25, -0.2) is 9.59 Å². The van der Waals surface area contributed by atoms with Crippen LogP contribution in [0.2, 0.25) is 0 Å². The van der Waals surface area contributed by atoms with Gasteiger partial charge in [-0.05, 0) is 18.2 Å². The van der Waals surface area contributed by atoms with E-state index in [0.717, 1.165) is 0 Å². The second-order valence-electron chi connectivity index (χ2n) is 4.18. The lowest BCUT2D eigenvalue weighted by molar-refractivity contribution is -0.141. The van der Waals surface area contributed by atoms with E-state index in [1.165, 1.54) is 38.1 Å². The van der Waals surface area contributed by atoms with Crippen molar-refractivity contribution >= 4 is 29.6 Å². The number of ether oxygens (including phenoxy) is 1. The summed E-state index contributed by atoms with van der Waals surface area (Å²) < 4.78 is 9.82. The van der Waals surface area contributed by atoms with Crippen LogP contribution in [-0.4, -0.2) is 41.9 Å². The summed E-state index contributed by atoms with van der Waals surface area (Å²) in [6, 6.07) is 0.616. The fourth-order valence-corrected chi connectivity index (χ4v) is 2.57. The minimum Gasteiger partial charge on any atom is -0.480 e. The SMILES string of the molecule is COC(=O)c1ccoc1CSCCC(NC(C)=O)C(=O)O. The van der Waals surface area contributed by atoms with Crippen LogP contribution in [0.3, 0.4) is 0 Å². The predicted octanol–water partition coefficient (Wildman–Crippen LogP) is 1.28. The normalized spacial score (nSPS) is 11.7. The molecule has 1 rings (SSSR count). The Kier molecular flexibility index (Phi) is 6.80. The van der Waals surface area contributed by atoms with Gasteiger partial charge < -0.3 is 19.6 Å². The number of hydrogen-bond acceptors (Lipinski definition) is 6. The number of esters is 1. The van der Waals surface area contributed by atoms with Gasteiger partial charge in [0.1, 0.15) is 17.4 Å². The molecule has 116 valence electrons. The highest BCUT2D eigenvalue weighted by Crippen LogP contribution is 2.19. The molecule has 0 fully saturated rings. The molecule has 0 aliphatic rings. The monoisotopic (exact) mass is 315 g/mol. The summed E-state index contributed by atoms with van der Waals surface area (Å²) in [6.07, 6.45) is 1.69. The Morgan fingerprint density at radius 1 is 1.48 bits per heavy atom. The van der Waals surface area contributed by atoms with Crippen LogP contribution in [0.15, 0.2) is 16.7 Å². The molecule has 1 aromatic rings. The molecule has 0 aliphatic carbocycles. The molecule has 0 saturated heterocycles. The zero-order valence-corrected chi connectivity index (χ0v) is 12.6. The molecule has 0 aromatic carbocycles. The molecule has 1 heterocycles. The first kappa shape index (κ1) is 17.1. The third kappa shape index (κ3) is 5.50. The van der Waals surface area contributed by atoms with E-state index in [-0.39, 0.29) is 12.3 Å². The summed E-state index contributed by atoms with van der Waals surface area (Å²) in [5, 5.41) is 11.3. The standard InChI is InChI=1S/C13H17NO6S/c1-8(15)14-10(12(16)17)4-6-21-7-11-9(3-5-20-11)13(18)19-2/h3,5,10H,4,6-7H2,1-2H3,(H,14,15)(H,16,17). The van der Waals surface area contributed by atoms with E-state index in [2.05, 4.69) is 10.1 Å². The number of carboxylic acids is 1. The second-order valence-corrected chi connectivity index (χ2v) is 5.29. The summed E-state index contributed by atoms with van der Waals surface area (Å²) >= 11 is 1.41. The van der Waals surface area contributed by atoms with Crippen molar-refractivity contribution in [1.29, 1.82) is 0 Å². The van der Waals surface area contributed by atoms with Gasteiger partial charge >= 0.3 is 11.9 Å². The van der Waals surface area contributed by atoms with Crippen molar-refractivity contribution in [1.82, 2.24) is 5.32 Å². The van der Waals surface area contributed by atoms with Crippen LogP contribution in [0.4, 0.5) is 0 Å². The molecule has 1 amide bonds. The summed E-state index contributed by atoms with van der Waals surface area (Å²) in [5.74, 6) is -0.521. The fraction of sp³-hybridized carbons (Fsp3) is 0.462. The molecule has 8 heteroatoms. The van der Waals surface area contributed by atoms with Crippen LogP contribution in [0.5, 0.6) is 0 Å². The van der Waals surface area contributed by atoms with Crippen LogP contribution >= 0.6 is 11.8 Å². The summed E-state index contributed by atoms with van der Waals surface area (Å²) in [6.45, 7) is 1.27. The Labute approximate surface area is 126 Å². The van der Waals surface area contributed by atoms with Crippen molar-refractivity contribution in [2.45, 2.75) is 25.1 Å². The summed E-state index contributed by atoms with van der Waals surface area (Å²) in [4.78, 5) is 33.2. The van der Waals surface area contributed by atoms with E-state index in [4.69, 9.17) is 9.52 Å². The number of rotatable bonds is 8. The van der Waals surface area contributed by atoms with E-state index < -0.39 is 18.0 Å². The number of carbonyl (C=O) groups is 3. The summed E-state index contributed by atoms with van der Waals surface area (Å²) in [5.41, 5.74) is 0.363. The number of thioether (sulfide) groups is 1. The van der Waals surface area contributed by atoms with Gasteiger partial charge in [0.2, 0.25) is 5.91 Å². The maximum atomic E-state index is 11.4. The Hall–Kier alpha value is -1.96. The minimum absolute atomic E-state index is 0.286. The zero-order valence-electron chi connectivity index (χ0n) is 11.8. The average molecular weight is 315 g/mol. The molecule has 0 aliphatic heterocycles. The average Bonchev–Trinajstić information content (AvgIpc) is 2.89. The van der Waals surface area contributed by atoms with Crippen molar-refractivity contribution < 1.29 is 28.6 Å². The third-order valence-electron chi connectivity index (χ3n) is 2.61. The molecule has 0 radical (unpaired) electrons. The highest BCUT2D eigenvalue weighted by atomic mass is 32.2. The zero-order chi connectivity index (χ0) is 15.8. The third-order valence-corrected chi connectivity index (χ3v) is 3.60. The van der Waals surface area contributed by atoms with Crippen molar-refractivity contribution in [2.75, 3.05) is 12.9 Å². The predicted molar refractivity (Wildman–Crippen MR) is 76.1 cm³/mol. The van der Waals surface area contributed by atoms with Gasteiger partial charge in [-0.15, -0.1) is 0 Å². The number of aliphatic carboxylic acids is 1. The highest BCUT2D eigenvalue weighted by molar-refractivity contribution is 7.98. The molecule has 1 aromatic heterocycles. The first-order chi connectivity index (χ1) is 9.95. The molecule has 1 atom stereocenters. The van der Waals surface area contributed by atoms with Crippen molar-refractivity contribution in [2.24, 2.45) is 0 Å². The van der Waals surface area contributed by atoms with Crippen LogP contribution in [-0.2, 0) is 20.1 Å². The lowest BCUT2D eigenvalue weighted by atomic mass is 10.2. The highest BCUT2D eigenvalue weighted by Gasteiger charge is 2.19. The largest absolute Gasteiger partial charge is 0.480 e. The quantitative estimate of drug-likeness (QED) is 0.550. The molecule has 1 unspecified atom stereocenters. The van der Waals surface area contributed by atoms with E-state index >= 15 is 0 Å². The molecule has 2 N–H and O–H groups in total. The topological polar surface area (TPSA) is 106 Å². The molecule has 21 heavy (non-hydrogen) atoms. The first-order valence-electron chi connectivity index (χ1n) is 6.18. The van der Waals surface area contributed by atoms with Crippen LogP contribution in [0, 0.1) is 0 Å². The fourth-order valence-electron chi connectivity index (χ4n) is 1.61. The van der Waals surface area contributed by atoms with Gasteiger partial charge in [0, 0.05) is 6.92 Å². The number of nitrogens with one attached hydrogen (secondary N) is 1. The van der Waals surface area contributed by atoms with Crippen molar-refractivity contribution in [3.8, 4) is 0 Å². The number of amides is 1. The minimum atomic E-state index is -1.07. The van der Waals surface area contributed by atoms with Gasteiger partial charge in [0.05, 0.1) is 19.1 Å².